The van der Waals surface area contributed by atoms with Gasteiger partial charge in [-0.25, -0.2) is 4.98 Å². The number of methoxy groups -OCH3 is 1. The molecule has 1 atom stereocenters. The van der Waals surface area contributed by atoms with Crippen molar-refractivity contribution in [3.05, 3.63) is 17.1 Å². The highest BCUT2D eigenvalue weighted by atomic mass is 16.5. The predicted octanol–water partition coefficient (Wildman–Crippen LogP) is 1.25. The lowest BCUT2D eigenvalue weighted by molar-refractivity contribution is 0.195. The smallest absolute Gasteiger partial charge is 0.221 e. The van der Waals surface area contributed by atoms with Crippen molar-refractivity contribution in [1.82, 2.24) is 20.2 Å². The van der Waals surface area contributed by atoms with Crippen LogP contribution in [0.4, 0.5) is 0 Å². The van der Waals surface area contributed by atoms with Crippen molar-refractivity contribution in [3.63, 3.8) is 0 Å². The molecule has 5 heteroatoms. The zero-order valence-electron chi connectivity index (χ0n) is 11.9. The molecule has 3 rings (SSSR count). The van der Waals surface area contributed by atoms with Gasteiger partial charge in [0.15, 0.2) is 0 Å². The largest absolute Gasteiger partial charge is 0.481 e. The normalized spacial score (nSPS) is 24.5. The minimum atomic E-state index is 0.303. The fraction of sp³-hybridized carbons (Fsp3) is 0.714. The van der Waals surface area contributed by atoms with Gasteiger partial charge >= 0.3 is 0 Å². The summed E-state index contributed by atoms with van der Waals surface area (Å²) in [6, 6.07) is 0.303. The summed E-state index contributed by atoms with van der Waals surface area (Å²) in [5.41, 5.74) is 2.20. The summed E-state index contributed by atoms with van der Waals surface area (Å²) in [4.78, 5) is 11.7. The van der Waals surface area contributed by atoms with Crippen LogP contribution in [0.15, 0.2) is 0 Å². The van der Waals surface area contributed by atoms with Gasteiger partial charge in [-0.15, -0.1) is 0 Å². The Labute approximate surface area is 114 Å². The number of aromatic nitrogens is 2. The Morgan fingerprint density at radius 2 is 2.11 bits per heavy atom. The third kappa shape index (κ3) is 2.44. The van der Waals surface area contributed by atoms with E-state index in [9.17, 15) is 0 Å². The minimum absolute atomic E-state index is 0.303. The predicted molar refractivity (Wildman–Crippen MR) is 73.5 cm³/mol. The lowest BCUT2D eigenvalue weighted by Gasteiger charge is -2.34. The molecule has 0 spiro atoms. The number of nitrogens with zero attached hydrogens (tertiary/aromatic N) is 3. The molecule has 1 aliphatic carbocycles. The molecule has 104 valence electrons. The molecule has 1 saturated carbocycles. The van der Waals surface area contributed by atoms with Gasteiger partial charge in [-0.1, -0.05) is 0 Å². The first-order chi connectivity index (χ1) is 9.20. The molecular formula is C14H22N4O. The molecule has 1 aromatic heterocycles. The third-order valence-corrected chi connectivity index (χ3v) is 4.10. The molecule has 1 aliphatic heterocycles. The third-order valence-electron chi connectivity index (χ3n) is 4.10. The summed E-state index contributed by atoms with van der Waals surface area (Å²) in [5.74, 6) is 2.28. The number of hydrogen-bond donors (Lipinski definition) is 1. The zero-order chi connectivity index (χ0) is 13.4. The van der Waals surface area contributed by atoms with Crippen LogP contribution in [-0.2, 0) is 0 Å². The van der Waals surface area contributed by atoms with Crippen molar-refractivity contribution in [3.8, 4) is 5.88 Å². The number of rotatable bonds is 3. The summed E-state index contributed by atoms with van der Waals surface area (Å²) < 4.78 is 5.54. The van der Waals surface area contributed by atoms with E-state index in [0.29, 0.717) is 12.0 Å². The number of likely N-dealkylation sites (N-methyl/N-ethyl adjacent to an activating group) is 1. The Morgan fingerprint density at radius 1 is 1.32 bits per heavy atom. The molecule has 0 radical (unpaired) electrons. The average molecular weight is 262 g/mol. The topological polar surface area (TPSA) is 50.3 Å². The van der Waals surface area contributed by atoms with Gasteiger partial charge in [0.2, 0.25) is 5.88 Å². The van der Waals surface area contributed by atoms with Crippen LogP contribution in [0.5, 0.6) is 5.88 Å². The first-order valence-electron chi connectivity index (χ1n) is 7.04. The molecule has 2 heterocycles. The minimum Gasteiger partial charge on any atom is -0.481 e. The second-order valence-corrected chi connectivity index (χ2v) is 5.56. The number of aryl methyl sites for hydroxylation is 1. The maximum atomic E-state index is 5.54. The monoisotopic (exact) mass is 262 g/mol. The molecule has 1 saturated heterocycles. The zero-order valence-corrected chi connectivity index (χ0v) is 11.9. The highest BCUT2D eigenvalue weighted by molar-refractivity contribution is 5.35. The van der Waals surface area contributed by atoms with Crippen LogP contribution in [0.1, 0.15) is 41.9 Å². The van der Waals surface area contributed by atoms with E-state index in [1.807, 2.05) is 0 Å². The highest BCUT2D eigenvalue weighted by Gasteiger charge is 2.31. The first-order valence-corrected chi connectivity index (χ1v) is 7.04. The van der Waals surface area contributed by atoms with Crippen molar-refractivity contribution >= 4 is 0 Å². The Morgan fingerprint density at radius 3 is 2.74 bits per heavy atom. The summed E-state index contributed by atoms with van der Waals surface area (Å²) in [7, 11) is 3.86. The van der Waals surface area contributed by atoms with Crippen molar-refractivity contribution in [2.75, 3.05) is 33.8 Å². The van der Waals surface area contributed by atoms with Crippen molar-refractivity contribution < 1.29 is 4.74 Å². The van der Waals surface area contributed by atoms with E-state index in [1.165, 1.54) is 12.8 Å². The van der Waals surface area contributed by atoms with Gasteiger partial charge in [-0.05, 0) is 26.8 Å². The molecule has 1 unspecified atom stereocenters. The summed E-state index contributed by atoms with van der Waals surface area (Å²) in [5, 5.41) is 3.44. The molecule has 0 bridgehead atoms. The average Bonchev–Trinajstić information content (AvgIpc) is 3.23. The van der Waals surface area contributed by atoms with E-state index in [2.05, 4.69) is 29.2 Å². The number of piperazine rings is 1. The fourth-order valence-electron chi connectivity index (χ4n) is 2.77. The lowest BCUT2D eigenvalue weighted by atomic mass is 10.0. The second-order valence-electron chi connectivity index (χ2n) is 5.56. The molecule has 0 amide bonds. The molecule has 5 nitrogen and oxygen atoms in total. The van der Waals surface area contributed by atoms with Gasteiger partial charge in [0, 0.05) is 31.2 Å². The molecule has 2 fully saturated rings. The van der Waals surface area contributed by atoms with Crippen LogP contribution in [0.3, 0.4) is 0 Å². The summed E-state index contributed by atoms with van der Waals surface area (Å²) >= 11 is 0. The van der Waals surface area contributed by atoms with Gasteiger partial charge in [0.1, 0.15) is 5.82 Å². The van der Waals surface area contributed by atoms with Crippen LogP contribution in [0.25, 0.3) is 0 Å². The van der Waals surface area contributed by atoms with E-state index in [-0.39, 0.29) is 0 Å². The lowest BCUT2D eigenvalue weighted by Crippen LogP contribution is -2.44. The van der Waals surface area contributed by atoms with Gasteiger partial charge < -0.3 is 10.1 Å². The SMILES string of the molecule is COc1nc(C2CC2)nc(C)c1C1CNCCN1C. The van der Waals surface area contributed by atoms with Crippen LogP contribution in [0.2, 0.25) is 0 Å². The van der Waals surface area contributed by atoms with Crippen LogP contribution in [0, 0.1) is 6.92 Å². The van der Waals surface area contributed by atoms with Gasteiger partial charge in [-0.3, -0.25) is 4.90 Å². The molecule has 1 aromatic rings. The quantitative estimate of drug-likeness (QED) is 0.888. The van der Waals surface area contributed by atoms with Crippen molar-refractivity contribution in [1.29, 1.82) is 0 Å². The van der Waals surface area contributed by atoms with Crippen LogP contribution >= 0.6 is 0 Å². The molecule has 1 N–H and O–H groups in total. The van der Waals surface area contributed by atoms with Crippen molar-refractivity contribution in [2.24, 2.45) is 0 Å². The Kier molecular flexibility index (Phi) is 3.41. The summed E-state index contributed by atoms with van der Waals surface area (Å²) in [6.45, 7) is 5.08. The van der Waals surface area contributed by atoms with Gasteiger partial charge in [0.05, 0.1) is 18.7 Å². The molecule has 2 aliphatic rings. The Balaban J connectivity index is 1.98. The van der Waals surface area contributed by atoms with Crippen molar-refractivity contribution in [2.45, 2.75) is 31.7 Å². The number of nitrogens with one attached hydrogen (secondary N) is 1. The van der Waals surface area contributed by atoms with E-state index in [4.69, 9.17) is 9.72 Å². The van der Waals surface area contributed by atoms with E-state index < -0.39 is 0 Å². The van der Waals surface area contributed by atoms with E-state index in [1.54, 1.807) is 7.11 Å². The molecule has 0 aromatic carbocycles. The van der Waals surface area contributed by atoms with Crippen LogP contribution < -0.4 is 10.1 Å². The second kappa shape index (κ2) is 5.06. The molecule has 19 heavy (non-hydrogen) atoms. The van der Waals surface area contributed by atoms with Gasteiger partial charge in [0.25, 0.3) is 0 Å². The van der Waals surface area contributed by atoms with E-state index in [0.717, 1.165) is 42.6 Å². The highest BCUT2D eigenvalue weighted by Crippen LogP contribution is 2.40. The first kappa shape index (κ1) is 12.8. The maximum absolute atomic E-state index is 5.54. The fourth-order valence-corrected chi connectivity index (χ4v) is 2.77. The number of ether oxygens (including phenoxy) is 1. The standard InChI is InChI=1S/C14H22N4O/c1-9-12(11-8-15-6-7-18(11)2)14(19-3)17-13(16-9)10-4-5-10/h10-11,15H,4-8H2,1-3H3. The van der Waals surface area contributed by atoms with E-state index >= 15 is 0 Å². The number of hydrogen-bond acceptors (Lipinski definition) is 5. The Hall–Kier alpha value is -1.20. The summed E-state index contributed by atoms with van der Waals surface area (Å²) in [6.07, 6.45) is 2.43. The van der Waals surface area contributed by atoms with Gasteiger partial charge in [-0.2, -0.15) is 4.98 Å². The molecular weight excluding hydrogens is 240 g/mol. The van der Waals surface area contributed by atoms with Crippen LogP contribution in [-0.4, -0.2) is 48.7 Å². The Bertz CT molecular complexity index is 473. The maximum Gasteiger partial charge on any atom is 0.221 e.